The smallest absolute Gasteiger partial charge is 0.338 e. The molecule has 0 atom stereocenters. The summed E-state index contributed by atoms with van der Waals surface area (Å²) in [5, 5.41) is 5.29. The van der Waals surface area contributed by atoms with Crippen molar-refractivity contribution in [2.45, 2.75) is 20.8 Å². The molecule has 2 aromatic carbocycles. The summed E-state index contributed by atoms with van der Waals surface area (Å²) in [6.07, 6.45) is 0. The third-order valence-corrected chi connectivity index (χ3v) is 3.86. The van der Waals surface area contributed by atoms with E-state index >= 15 is 0 Å². The molecule has 8 heteroatoms. The van der Waals surface area contributed by atoms with E-state index in [0.29, 0.717) is 42.5 Å². The lowest BCUT2D eigenvalue weighted by molar-refractivity contribution is -0.119. The van der Waals surface area contributed by atoms with Crippen molar-refractivity contribution in [2.75, 3.05) is 31.7 Å². The SMILES string of the molecule is CCNC(=O)c1cccc(NC(=O)COC(=O)c2ccc(OCC)c(OCC)c2)c1. The summed E-state index contributed by atoms with van der Waals surface area (Å²) in [7, 11) is 0. The van der Waals surface area contributed by atoms with E-state index in [9.17, 15) is 14.4 Å². The van der Waals surface area contributed by atoms with Gasteiger partial charge in [-0.25, -0.2) is 4.79 Å². The van der Waals surface area contributed by atoms with Crippen LogP contribution in [0.5, 0.6) is 11.5 Å². The van der Waals surface area contributed by atoms with Crippen molar-refractivity contribution in [3.63, 3.8) is 0 Å². The molecule has 2 rings (SSSR count). The first-order valence-corrected chi connectivity index (χ1v) is 9.73. The lowest BCUT2D eigenvalue weighted by Crippen LogP contribution is -2.23. The average molecular weight is 414 g/mol. The van der Waals surface area contributed by atoms with Gasteiger partial charge in [-0.1, -0.05) is 6.07 Å². The predicted octanol–water partition coefficient (Wildman–Crippen LogP) is 3.03. The van der Waals surface area contributed by atoms with E-state index in [2.05, 4.69) is 10.6 Å². The number of hydrogen-bond acceptors (Lipinski definition) is 6. The van der Waals surface area contributed by atoms with Crippen molar-refractivity contribution in [3.05, 3.63) is 53.6 Å². The third kappa shape index (κ3) is 6.51. The van der Waals surface area contributed by atoms with Crippen LogP contribution in [0.1, 0.15) is 41.5 Å². The standard InChI is InChI=1S/C22H26N2O6/c1-4-23-21(26)15-8-7-9-17(12-15)24-20(25)14-30-22(27)16-10-11-18(28-5-2)19(13-16)29-6-3/h7-13H,4-6,14H2,1-3H3,(H,23,26)(H,24,25). The summed E-state index contributed by atoms with van der Waals surface area (Å²) in [5.74, 6) is -0.459. The summed E-state index contributed by atoms with van der Waals surface area (Å²) < 4.78 is 16.0. The zero-order valence-electron chi connectivity index (χ0n) is 17.3. The molecule has 0 unspecified atom stereocenters. The number of carbonyl (C=O) groups is 3. The molecule has 2 N–H and O–H groups in total. The Hall–Kier alpha value is -3.55. The molecule has 0 aliphatic rings. The molecule has 30 heavy (non-hydrogen) atoms. The molecule has 0 saturated heterocycles. The molecule has 0 aromatic heterocycles. The summed E-state index contributed by atoms with van der Waals surface area (Å²) in [4.78, 5) is 36.3. The van der Waals surface area contributed by atoms with Crippen molar-refractivity contribution in [2.24, 2.45) is 0 Å². The highest BCUT2D eigenvalue weighted by molar-refractivity contribution is 5.98. The minimum atomic E-state index is -0.662. The van der Waals surface area contributed by atoms with Crippen molar-refractivity contribution in [1.29, 1.82) is 0 Å². The Morgan fingerprint density at radius 1 is 0.867 bits per heavy atom. The van der Waals surface area contributed by atoms with Crippen LogP contribution in [0.3, 0.4) is 0 Å². The Morgan fingerprint density at radius 2 is 1.60 bits per heavy atom. The number of rotatable bonds is 10. The minimum Gasteiger partial charge on any atom is -0.490 e. The van der Waals surface area contributed by atoms with E-state index < -0.39 is 18.5 Å². The fourth-order valence-electron chi connectivity index (χ4n) is 2.59. The largest absolute Gasteiger partial charge is 0.490 e. The zero-order valence-corrected chi connectivity index (χ0v) is 17.3. The zero-order chi connectivity index (χ0) is 21.9. The number of hydrogen-bond donors (Lipinski definition) is 2. The van der Waals surface area contributed by atoms with Crippen molar-refractivity contribution in [3.8, 4) is 11.5 Å². The number of ether oxygens (including phenoxy) is 3. The second kappa shape index (κ2) is 11.5. The summed E-state index contributed by atoms with van der Waals surface area (Å²) in [5.41, 5.74) is 1.09. The molecule has 0 aliphatic carbocycles. The summed E-state index contributed by atoms with van der Waals surface area (Å²) in [6.45, 7) is 6.40. The summed E-state index contributed by atoms with van der Waals surface area (Å²) >= 11 is 0. The highest BCUT2D eigenvalue weighted by atomic mass is 16.5. The molecule has 0 saturated carbocycles. The van der Waals surface area contributed by atoms with E-state index in [-0.39, 0.29) is 11.5 Å². The Kier molecular flexibility index (Phi) is 8.68. The highest BCUT2D eigenvalue weighted by Crippen LogP contribution is 2.28. The van der Waals surface area contributed by atoms with Crippen LogP contribution < -0.4 is 20.1 Å². The van der Waals surface area contributed by atoms with Crippen LogP contribution in [0.4, 0.5) is 5.69 Å². The number of esters is 1. The van der Waals surface area contributed by atoms with E-state index in [1.165, 1.54) is 6.07 Å². The van der Waals surface area contributed by atoms with Gasteiger partial charge in [-0.15, -0.1) is 0 Å². The molecular formula is C22H26N2O6. The van der Waals surface area contributed by atoms with Crippen LogP contribution in [-0.2, 0) is 9.53 Å². The van der Waals surface area contributed by atoms with Crippen LogP contribution in [0.25, 0.3) is 0 Å². The van der Waals surface area contributed by atoms with Gasteiger partial charge in [-0.2, -0.15) is 0 Å². The van der Waals surface area contributed by atoms with Crippen molar-refractivity contribution < 1.29 is 28.6 Å². The van der Waals surface area contributed by atoms with Gasteiger partial charge >= 0.3 is 5.97 Å². The maximum absolute atomic E-state index is 12.3. The quantitative estimate of drug-likeness (QED) is 0.580. The van der Waals surface area contributed by atoms with Gasteiger partial charge in [0.05, 0.1) is 18.8 Å². The number of amides is 2. The fourth-order valence-corrected chi connectivity index (χ4v) is 2.59. The van der Waals surface area contributed by atoms with Gasteiger partial charge in [0.1, 0.15) is 0 Å². The number of benzene rings is 2. The lowest BCUT2D eigenvalue weighted by atomic mass is 10.2. The van der Waals surface area contributed by atoms with Crippen molar-refractivity contribution in [1.82, 2.24) is 5.32 Å². The van der Waals surface area contributed by atoms with E-state index in [0.717, 1.165) is 0 Å². The molecule has 0 fully saturated rings. The molecule has 0 radical (unpaired) electrons. The molecule has 2 aromatic rings. The molecule has 0 spiro atoms. The minimum absolute atomic E-state index is 0.236. The Bertz CT molecular complexity index is 897. The van der Waals surface area contributed by atoms with Gasteiger partial charge in [-0.3, -0.25) is 9.59 Å². The van der Waals surface area contributed by atoms with Crippen molar-refractivity contribution >= 4 is 23.5 Å². The fraction of sp³-hybridized carbons (Fsp3) is 0.318. The van der Waals surface area contributed by atoms with Crippen LogP contribution in [0.15, 0.2) is 42.5 Å². The van der Waals surface area contributed by atoms with Gasteiger partial charge < -0.3 is 24.8 Å². The lowest BCUT2D eigenvalue weighted by Gasteiger charge is -2.12. The van der Waals surface area contributed by atoms with E-state index in [1.807, 2.05) is 20.8 Å². The Morgan fingerprint density at radius 3 is 2.30 bits per heavy atom. The molecular weight excluding hydrogens is 388 g/mol. The van der Waals surface area contributed by atoms with Crippen LogP contribution in [0.2, 0.25) is 0 Å². The molecule has 8 nitrogen and oxygen atoms in total. The number of anilines is 1. The Labute approximate surface area is 175 Å². The van der Waals surface area contributed by atoms with Gasteiger partial charge in [0.2, 0.25) is 0 Å². The van der Waals surface area contributed by atoms with Crippen LogP contribution >= 0.6 is 0 Å². The summed E-state index contributed by atoms with van der Waals surface area (Å²) in [6, 6.07) is 11.2. The topological polar surface area (TPSA) is 103 Å². The predicted molar refractivity (Wildman–Crippen MR) is 112 cm³/mol. The molecule has 0 aliphatic heterocycles. The van der Waals surface area contributed by atoms with E-state index in [1.54, 1.807) is 36.4 Å². The second-order valence-corrected chi connectivity index (χ2v) is 6.09. The molecule has 2 amide bonds. The number of nitrogens with one attached hydrogen (secondary N) is 2. The maximum atomic E-state index is 12.3. The first-order valence-electron chi connectivity index (χ1n) is 9.73. The normalized spacial score (nSPS) is 10.1. The first-order chi connectivity index (χ1) is 14.5. The Balaban J connectivity index is 1.96. The van der Waals surface area contributed by atoms with Gasteiger partial charge in [0.15, 0.2) is 18.1 Å². The molecule has 0 heterocycles. The third-order valence-electron chi connectivity index (χ3n) is 3.86. The van der Waals surface area contributed by atoms with E-state index in [4.69, 9.17) is 14.2 Å². The van der Waals surface area contributed by atoms with Gasteiger partial charge in [0.25, 0.3) is 11.8 Å². The average Bonchev–Trinajstić information content (AvgIpc) is 2.74. The second-order valence-electron chi connectivity index (χ2n) is 6.09. The van der Waals surface area contributed by atoms with Gasteiger partial charge in [-0.05, 0) is 57.2 Å². The van der Waals surface area contributed by atoms with Gasteiger partial charge in [0, 0.05) is 17.8 Å². The highest BCUT2D eigenvalue weighted by Gasteiger charge is 2.15. The number of carbonyl (C=O) groups excluding carboxylic acids is 3. The monoisotopic (exact) mass is 414 g/mol. The molecule has 160 valence electrons. The molecule has 0 bridgehead atoms. The maximum Gasteiger partial charge on any atom is 0.338 e. The first kappa shape index (κ1) is 22.7. The van der Waals surface area contributed by atoms with Crippen LogP contribution in [-0.4, -0.2) is 44.1 Å². The van der Waals surface area contributed by atoms with Crippen LogP contribution in [0, 0.1) is 0 Å².